The monoisotopic (exact) mass is 480 g/mol. The molecule has 182 valence electrons. The topological polar surface area (TPSA) is 78.2 Å². The van der Waals surface area contributed by atoms with Gasteiger partial charge in [0.25, 0.3) is 0 Å². The fraction of sp³-hybridized carbons (Fsp3) is 0.214. The van der Waals surface area contributed by atoms with Crippen LogP contribution in [0, 0.1) is 6.92 Å². The Hall–Kier alpha value is -4.46. The highest BCUT2D eigenvalue weighted by Gasteiger charge is 2.15. The summed E-state index contributed by atoms with van der Waals surface area (Å²) in [5.74, 6) is 1.45. The van der Waals surface area contributed by atoms with E-state index in [0.717, 1.165) is 57.3 Å². The van der Waals surface area contributed by atoms with Crippen LogP contribution in [0.15, 0.2) is 73.3 Å². The smallest absolute Gasteiger partial charge is 0.124 e. The van der Waals surface area contributed by atoms with Crippen LogP contribution >= 0.6 is 0 Å². The second-order valence-corrected chi connectivity index (χ2v) is 8.57. The molecule has 3 aromatic heterocycles. The summed E-state index contributed by atoms with van der Waals surface area (Å²) in [6.45, 7) is 2.79. The van der Waals surface area contributed by atoms with Gasteiger partial charge in [0.2, 0.25) is 0 Å². The number of aryl methyl sites for hydroxylation is 2. The van der Waals surface area contributed by atoms with Gasteiger partial charge in [-0.1, -0.05) is 6.07 Å². The van der Waals surface area contributed by atoms with Gasteiger partial charge in [0.15, 0.2) is 0 Å². The van der Waals surface area contributed by atoms with E-state index in [2.05, 4.69) is 45.1 Å². The maximum Gasteiger partial charge on any atom is 0.124 e. The fourth-order valence-corrected chi connectivity index (χ4v) is 4.21. The Labute approximate surface area is 210 Å². The number of benzene rings is 2. The predicted octanol–water partition coefficient (Wildman–Crippen LogP) is 5.13. The molecule has 0 radical (unpaired) electrons. The summed E-state index contributed by atoms with van der Waals surface area (Å²) >= 11 is 0. The van der Waals surface area contributed by atoms with Crippen LogP contribution in [0.5, 0.6) is 11.5 Å². The lowest BCUT2D eigenvalue weighted by Crippen LogP contribution is -2.21. The van der Waals surface area contributed by atoms with E-state index < -0.39 is 0 Å². The van der Waals surface area contributed by atoms with E-state index in [0.29, 0.717) is 6.54 Å². The largest absolute Gasteiger partial charge is 0.497 e. The lowest BCUT2D eigenvalue weighted by molar-refractivity contribution is 0.394. The molecule has 0 N–H and O–H groups in total. The zero-order chi connectivity index (χ0) is 25.1. The number of methoxy groups -OCH3 is 2. The third-order valence-electron chi connectivity index (χ3n) is 6.18. The predicted molar refractivity (Wildman–Crippen MR) is 141 cm³/mol. The Morgan fingerprint density at radius 2 is 1.69 bits per heavy atom. The summed E-state index contributed by atoms with van der Waals surface area (Å²) < 4.78 is 12.9. The van der Waals surface area contributed by atoms with Crippen LogP contribution < -0.4 is 14.4 Å². The molecular formula is C28H28N6O2. The lowest BCUT2D eigenvalue weighted by Gasteiger charge is -2.26. The highest BCUT2D eigenvalue weighted by atomic mass is 16.5. The Kier molecular flexibility index (Phi) is 6.49. The zero-order valence-electron chi connectivity index (χ0n) is 20.8. The number of fused-ring (bicyclic) bond motifs is 1. The van der Waals surface area contributed by atoms with Crippen molar-refractivity contribution in [1.29, 1.82) is 0 Å². The van der Waals surface area contributed by atoms with Crippen LogP contribution in [0.1, 0.15) is 11.3 Å². The molecule has 0 amide bonds. The van der Waals surface area contributed by atoms with Gasteiger partial charge in [-0.2, -0.15) is 5.10 Å². The van der Waals surface area contributed by atoms with Gasteiger partial charge in [-0.15, -0.1) is 0 Å². The highest BCUT2D eigenvalue weighted by molar-refractivity contribution is 5.82. The van der Waals surface area contributed by atoms with Crippen LogP contribution in [0.25, 0.3) is 22.3 Å². The maximum atomic E-state index is 5.55. The molecule has 36 heavy (non-hydrogen) atoms. The molecule has 0 saturated heterocycles. The summed E-state index contributed by atoms with van der Waals surface area (Å²) in [5.41, 5.74) is 7.53. The van der Waals surface area contributed by atoms with Crippen LogP contribution in [-0.2, 0) is 13.5 Å². The van der Waals surface area contributed by atoms with E-state index in [9.17, 15) is 0 Å². The number of nitrogens with zero attached hydrogens (tertiary/aromatic N) is 6. The summed E-state index contributed by atoms with van der Waals surface area (Å²) in [6.07, 6.45) is 8.12. The third kappa shape index (κ3) is 4.84. The van der Waals surface area contributed by atoms with Crippen molar-refractivity contribution >= 4 is 22.4 Å². The zero-order valence-corrected chi connectivity index (χ0v) is 20.8. The molecular weight excluding hydrogens is 452 g/mol. The number of anilines is 2. The van der Waals surface area contributed by atoms with Crippen molar-refractivity contribution in [2.75, 3.05) is 25.7 Å². The molecule has 5 rings (SSSR count). The minimum absolute atomic E-state index is 0.704. The molecule has 0 aliphatic carbocycles. The van der Waals surface area contributed by atoms with Crippen LogP contribution in [0.2, 0.25) is 0 Å². The summed E-state index contributed by atoms with van der Waals surface area (Å²) in [6, 6.07) is 16.1. The van der Waals surface area contributed by atoms with Crippen LogP contribution in [-0.4, -0.2) is 45.5 Å². The Morgan fingerprint density at radius 1 is 0.889 bits per heavy atom. The summed E-state index contributed by atoms with van der Waals surface area (Å²) in [4.78, 5) is 16.4. The van der Waals surface area contributed by atoms with Gasteiger partial charge in [-0.3, -0.25) is 14.6 Å². The van der Waals surface area contributed by atoms with Gasteiger partial charge in [-0.25, -0.2) is 4.98 Å². The number of ether oxygens (including phenoxy) is 2. The summed E-state index contributed by atoms with van der Waals surface area (Å²) in [5, 5.41) is 4.26. The van der Waals surface area contributed by atoms with E-state index in [1.165, 1.54) is 5.56 Å². The Bertz CT molecular complexity index is 1490. The van der Waals surface area contributed by atoms with Crippen molar-refractivity contribution in [3.05, 3.63) is 84.6 Å². The van der Waals surface area contributed by atoms with Crippen molar-refractivity contribution in [3.63, 3.8) is 0 Å². The molecule has 0 saturated carbocycles. The number of rotatable bonds is 8. The first-order valence-corrected chi connectivity index (χ1v) is 11.7. The van der Waals surface area contributed by atoms with E-state index in [-0.39, 0.29) is 0 Å². The van der Waals surface area contributed by atoms with Gasteiger partial charge in [0, 0.05) is 73.2 Å². The molecule has 0 fully saturated rings. The lowest BCUT2D eigenvalue weighted by atomic mass is 10.1. The average molecular weight is 481 g/mol. The molecule has 0 bridgehead atoms. The number of hydrogen-bond acceptors (Lipinski definition) is 7. The second kappa shape index (κ2) is 10.0. The van der Waals surface area contributed by atoms with E-state index in [4.69, 9.17) is 14.5 Å². The fourth-order valence-electron chi connectivity index (χ4n) is 4.21. The Morgan fingerprint density at radius 3 is 2.39 bits per heavy atom. The molecule has 0 aliphatic heterocycles. The number of pyridine rings is 1. The van der Waals surface area contributed by atoms with Crippen molar-refractivity contribution in [2.24, 2.45) is 7.05 Å². The standard InChI is InChI=1S/C28H28N6O2/c1-19-6-5-10-29-25(19)9-11-34(22-12-23(35-3)15-24(13-22)36-4)21-7-8-26-27(14-21)32-28(17-30-26)20-16-31-33(2)18-20/h5-8,10,12-18H,9,11H2,1-4H3. The molecule has 8 nitrogen and oxygen atoms in total. The quantitative estimate of drug-likeness (QED) is 0.305. The second-order valence-electron chi connectivity index (χ2n) is 8.57. The van der Waals surface area contributed by atoms with Gasteiger partial charge < -0.3 is 14.4 Å². The van der Waals surface area contributed by atoms with Gasteiger partial charge in [0.05, 0.1) is 43.3 Å². The van der Waals surface area contributed by atoms with Crippen molar-refractivity contribution < 1.29 is 9.47 Å². The van der Waals surface area contributed by atoms with E-state index in [1.54, 1.807) is 31.3 Å². The van der Waals surface area contributed by atoms with Crippen LogP contribution in [0.3, 0.4) is 0 Å². The molecule has 0 aliphatic rings. The third-order valence-corrected chi connectivity index (χ3v) is 6.18. The normalized spacial score (nSPS) is 11.0. The van der Waals surface area contributed by atoms with Crippen molar-refractivity contribution in [2.45, 2.75) is 13.3 Å². The molecule has 3 heterocycles. The number of hydrogen-bond donors (Lipinski definition) is 0. The van der Waals surface area contributed by atoms with Gasteiger partial charge in [0.1, 0.15) is 11.5 Å². The first-order chi connectivity index (χ1) is 17.5. The minimum Gasteiger partial charge on any atom is -0.497 e. The molecule has 0 atom stereocenters. The minimum atomic E-state index is 0.704. The Balaban J connectivity index is 1.58. The average Bonchev–Trinajstić information content (AvgIpc) is 3.35. The first-order valence-electron chi connectivity index (χ1n) is 11.7. The van der Waals surface area contributed by atoms with E-state index >= 15 is 0 Å². The maximum absolute atomic E-state index is 5.55. The van der Waals surface area contributed by atoms with E-state index in [1.807, 2.05) is 49.8 Å². The summed E-state index contributed by atoms with van der Waals surface area (Å²) in [7, 11) is 5.21. The van der Waals surface area contributed by atoms with Gasteiger partial charge in [-0.05, 0) is 36.8 Å². The molecule has 0 unspecified atom stereocenters. The SMILES string of the molecule is COc1cc(OC)cc(N(CCc2ncccc2C)c2ccc3ncc(-c4cnn(C)c4)nc3c2)c1. The first kappa shape index (κ1) is 23.3. The highest BCUT2D eigenvalue weighted by Crippen LogP contribution is 2.34. The molecule has 2 aromatic carbocycles. The molecule has 0 spiro atoms. The number of aromatic nitrogens is 5. The van der Waals surface area contributed by atoms with Crippen molar-refractivity contribution in [1.82, 2.24) is 24.7 Å². The molecule has 8 heteroatoms. The van der Waals surface area contributed by atoms with Gasteiger partial charge >= 0.3 is 0 Å². The molecule has 5 aromatic rings. The van der Waals surface area contributed by atoms with Crippen LogP contribution in [0.4, 0.5) is 11.4 Å². The van der Waals surface area contributed by atoms with Crippen molar-refractivity contribution in [3.8, 4) is 22.8 Å².